The highest BCUT2D eigenvalue weighted by atomic mass is 16.7. The first-order valence-electron chi connectivity index (χ1n) is 8.82. The molecule has 0 N–H and O–H groups in total. The Morgan fingerprint density at radius 3 is 1.81 bits per heavy atom. The number of benzene rings is 2. The first-order valence-corrected chi connectivity index (χ1v) is 8.82. The summed E-state index contributed by atoms with van der Waals surface area (Å²) in [5.41, 5.74) is 2.06. The lowest BCUT2D eigenvalue weighted by molar-refractivity contribution is -0.133. The molecule has 134 valence electrons. The molecule has 2 aliphatic heterocycles. The zero-order valence-corrected chi connectivity index (χ0v) is 14.3. The number of hydrogen-bond donors (Lipinski definition) is 0. The van der Waals surface area contributed by atoms with Crippen LogP contribution in [0.5, 0.6) is 23.0 Å². The number of carbonyl (C=O) groups is 1. The molecule has 3 aliphatic rings. The predicted molar refractivity (Wildman–Crippen MR) is 92.1 cm³/mol. The van der Waals surface area contributed by atoms with E-state index in [9.17, 15) is 4.79 Å². The molecule has 1 amide bonds. The number of carbonyl (C=O) groups excluding carboxylic acids is 1. The van der Waals surface area contributed by atoms with Crippen molar-refractivity contribution in [2.24, 2.45) is 5.92 Å². The van der Waals surface area contributed by atoms with Crippen molar-refractivity contribution in [1.29, 1.82) is 0 Å². The lowest BCUT2D eigenvalue weighted by Gasteiger charge is -2.23. The van der Waals surface area contributed by atoms with Crippen LogP contribution in [-0.2, 0) is 17.9 Å². The van der Waals surface area contributed by atoms with Gasteiger partial charge >= 0.3 is 0 Å². The van der Waals surface area contributed by atoms with Crippen LogP contribution in [-0.4, -0.2) is 24.4 Å². The van der Waals surface area contributed by atoms with Crippen molar-refractivity contribution in [2.75, 3.05) is 13.6 Å². The minimum absolute atomic E-state index is 0.165. The third-order valence-electron chi connectivity index (χ3n) is 4.86. The van der Waals surface area contributed by atoms with Crippen molar-refractivity contribution >= 4 is 5.91 Å². The van der Waals surface area contributed by atoms with Gasteiger partial charge in [-0.25, -0.2) is 0 Å². The lowest BCUT2D eigenvalue weighted by Crippen LogP contribution is -2.31. The predicted octanol–water partition coefficient (Wildman–Crippen LogP) is 3.08. The smallest absolute Gasteiger partial charge is 0.231 e. The Balaban J connectivity index is 1.37. The molecule has 0 radical (unpaired) electrons. The molecule has 0 bridgehead atoms. The number of hydrogen-bond acceptors (Lipinski definition) is 5. The zero-order chi connectivity index (χ0) is 17.5. The Hall–Kier alpha value is -2.89. The molecule has 0 spiro atoms. The molecule has 6 nitrogen and oxygen atoms in total. The molecule has 0 unspecified atom stereocenters. The number of fused-ring (bicyclic) bond motifs is 2. The fourth-order valence-electron chi connectivity index (χ4n) is 3.32. The second kappa shape index (κ2) is 6.12. The van der Waals surface area contributed by atoms with Crippen LogP contribution in [0.15, 0.2) is 36.4 Å². The molecule has 2 heterocycles. The van der Waals surface area contributed by atoms with Gasteiger partial charge in [0.1, 0.15) is 0 Å². The fraction of sp³-hybridized carbons (Fsp3) is 0.350. The van der Waals surface area contributed by atoms with Gasteiger partial charge in [0.25, 0.3) is 0 Å². The van der Waals surface area contributed by atoms with Crippen molar-refractivity contribution in [3.8, 4) is 23.0 Å². The minimum Gasteiger partial charge on any atom is -0.454 e. The van der Waals surface area contributed by atoms with Gasteiger partial charge in [-0.05, 0) is 48.2 Å². The summed E-state index contributed by atoms with van der Waals surface area (Å²) in [7, 11) is 0. The van der Waals surface area contributed by atoms with E-state index in [1.807, 2.05) is 41.3 Å². The van der Waals surface area contributed by atoms with E-state index in [1.54, 1.807) is 0 Å². The largest absolute Gasteiger partial charge is 0.454 e. The Kier molecular flexibility index (Phi) is 3.62. The van der Waals surface area contributed by atoms with Gasteiger partial charge in [0.15, 0.2) is 23.0 Å². The molecule has 5 rings (SSSR count). The Labute approximate surface area is 151 Å². The van der Waals surface area contributed by atoms with Crippen LogP contribution in [0.3, 0.4) is 0 Å². The van der Waals surface area contributed by atoms with Crippen LogP contribution in [0.4, 0.5) is 0 Å². The van der Waals surface area contributed by atoms with Gasteiger partial charge in [-0.15, -0.1) is 0 Å². The number of rotatable bonds is 5. The van der Waals surface area contributed by atoms with E-state index < -0.39 is 0 Å². The lowest BCUT2D eigenvalue weighted by atomic mass is 10.1. The third-order valence-corrected chi connectivity index (χ3v) is 4.86. The van der Waals surface area contributed by atoms with Gasteiger partial charge < -0.3 is 23.8 Å². The molecule has 26 heavy (non-hydrogen) atoms. The van der Waals surface area contributed by atoms with E-state index in [2.05, 4.69) is 0 Å². The SMILES string of the molecule is O=C(C1CC1)N(Cc1ccc2c(c1)OCO2)Cc1ccc2c(c1)OCO2. The van der Waals surface area contributed by atoms with E-state index in [-0.39, 0.29) is 25.4 Å². The van der Waals surface area contributed by atoms with E-state index in [4.69, 9.17) is 18.9 Å². The van der Waals surface area contributed by atoms with Gasteiger partial charge in [0, 0.05) is 19.0 Å². The molecule has 0 saturated heterocycles. The van der Waals surface area contributed by atoms with Crippen LogP contribution in [0.1, 0.15) is 24.0 Å². The van der Waals surface area contributed by atoms with Crippen molar-refractivity contribution in [2.45, 2.75) is 25.9 Å². The van der Waals surface area contributed by atoms with Crippen LogP contribution < -0.4 is 18.9 Å². The Morgan fingerprint density at radius 1 is 0.808 bits per heavy atom. The second-order valence-corrected chi connectivity index (χ2v) is 6.84. The molecule has 1 saturated carbocycles. The van der Waals surface area contributed by atoms with E-state index in [0.29, 0.717) is 13.1 Å². The minimum atomic E-state index is 0.165. The summed E-state index contributed by atoms with van der Waals surface area (Å²) in [4.78, 5) is 14.7. The Morgan fingerprint density at radius 2 is 1.31 bits per heavy atom. The summed E-state index contributed by atoms with van der Waals surface area (Å²) in [5, 5.41) is 0. The molecule has 1 fully saturated rings. The first kappa shape index (κ1) is 15.4. The average molecular weight is 353 g/mol. The molecular weight excluding hydrogens is 334 g/mol. The van der Waals surface area contributed by atoms with Gasteiger partial charge in [0.05, 0.1) is 0 Å². The number of ether oxygens (including phenoxy) is 4. The first-order chi connectivity index (χ1) is 12.8. The molecule has 2 aromatic carbocycles. The summed E-state index contributed by atoms with van der Waals surface area (Å²) in [6, 6.07) is 11.7. The van der Waals surface area contributed by atoms with Gasteiger partial charge in [-0.3, -0.25) is 4.79 Å². The average Bonchev–Trinajstić information content (AvgIpc) is 3.22. The van der Waals surface area contributed by atoms with Crippen LogP contribution >= 0.6 is 0 Å². The fourth-order valence-corrected chi connectivity index (χ4v) is 3.32. The molecule has 0 aromatic heterocycles. The van der Waals surface area contributed by atoms with E-state index in [0.717, 1.165) is 47.0 Å². The quantitative estimate of drug-likeness (QED) is 0.827. The maximum absolute atomic E-state index is 12.8. The normalized spacial score (nSPS) is 16.6. The third kappa shape index (κ3) is 2.92. The summed E-state index contributed by atoms with van der Waals surface area (Å²) >= 11 is 0. The molecule has 6 heteroatoms. The monoisotopic (exact) mass is 353 g/mol. The maximum Gasteiger partial charge on any atom is 0.231 e. The van der Waals surface area contributed by atoms with Crippen molar-refractivity contribution in [3.05, 3.63) is 47.5 Å². The van der Waals surface area contributed by atoms with Crippen molar-refractivity contribution in [1.82, 2.24) is 4.90 Å². The number of nitrogens with zero attached hydrogens (tertiary/aromatic N) is 1. The molecule has 0 atom stereocenters. The van der Waals surface area contributed by atoms with E-state index >= 15 is 0 Å². The van der Waals surface area contributed by atoms with Gasteiger partial charge in [-0.1, -0.05) is 12.1 Å². The summed E-state index contributed by atoms with van der Waals surface area (Å²) in [6.07, 6.45) is 1.97. The summed E-state index contributed by atoms with van der Waals surface area (Å²) in [6.45, 7) is 1.59. The standard InChI is InChI=1S/C20H19NO5/c22-20(15-3-4-15)21(9-13-1-5-16-18(7-13)25-11-23-16)10-14-2-6-17-19(8-14)26-12-24-17/h1-2,5-8,15H,3-4,9-12H2. The zero-order valence-electron chi connectivity index (χ0n) is 14.3. The molecular formula is C20H19NO5. The number of amides is 1. The highest BCUT2D eigenvalue weighted by Gasteiger charge is 2.33. The van der Waals surface area contributed by atoms with E-state index in [1.165, 1.54) is 0 Å². The van der Waals surface area contributed by atoms with Crippen molar-refractivity contribution in [3.63, 3.8) is 0 Å². The van der Waals surface area contributed by atoms with Crippen LogP contribution in [0.2, 0.25) is 0 Å². The topological polar surface area (TPSA) is 57.2 Å². The molecule has 1 aliphatic carbocycles. The molecule has 2 aromatic rings. The van der Waals surface area contributed by atoms with Gasteiger partial charge in [0.2, 0.25) is 19.5 Å². The Bertz CT molecular complexity index is 802. The summed E-state index contributed by atoms with van der Waals surface area (Å²) in [5.74, 6) is 3.36. The van der Waals surface area contributed by atoms with Crippen LogP contribution in [0, 0.1) is 5.92 Å². The highest BCUT2D eigenvalue weighted by Crippen LogP contribution is 2.36. The van der Waals surface area contributed by atoms with Crippen LogP contribution in [0.25, 0.3) is 0 Å². The van der Waals surface area contributed by atoms with Crippen molar-refractivity contribution < 1.29 is 23.7 Å². The summed E-state index contributed by atoms with van der Waals surface area (Å²) < 4.78 is 21.6. The second-order valence-electron chi connectivity index (χ2n) is 6.84. The highest BCUT2D eigenvalue weighted by molar-refractivity contribution is 5.81. The maximum atomic E-state index is 12.8. The van der Waals surface area contributed by atoms with Gasteiger partial charge in [-0.2, -0.15) is 0 Å².